The van der Waals surface area contributed by atoms with Gasteiger partial charge in [-0.25, -0.2) is 0 Å². The van der Waals surface area contributed by atoms with Crippen LogP contribution in [0.1, 0.15) is 310 Å². The molecule has 0 aliphatic carbocycles. The molecule has 0 aliphatic rings. The summed E-state index contributed by atoms with van der Waals surface area (Å²) in [6, 6.07) is 0. The van der Waals surface area contributed by atoms with Crippen molar-refractivity contribution in [3.63, 3.8) is 0 Å². The second kappa shape index (κ2) is 58.7. The Hall–Kier alpha value is -2.89. The normalized spacial score (nSPS) is 12.4. The number of ether oxygens (including phenoxy) is 3. The van der Waals surface area contributed by atoms with Gasteiger partial charge in [-0.2, -0.15) is 0 Å². The maximum absolute atomic E-state index is 12.9. The zero-order valence-corrected chi connectivity index (χ0v) is 46.5. The molecule has 0 spiro atoms. The molecule has 406 valence electrons. The van der Waals surface area contributed by atoms with Crippen LogP contribution < -0.4 is 0 Å². The second-order valence-corrected chi connectivity index (χ2v) is 20.2. The van der Waals surface area contributed by atoms with Gasteiger partial charge in [0.1, 0.15) is 13.2 Å². The van der Waals surface area contributed by atoms with Crippen LogP contribution in [0.4, 0.5) is 0 Å². The molecule has 1 atom stereocenters. The zero-order chi connectivity index (χ0) is 50.7. The molecule has 0 fully saturated rings. The summed E-state index contributed by atoms with van der Waals surface area (Å²) in [6.45, 7) is 6.53. The molecule has 6 heteroatoms. The van der Waals surface area contributed by atoms with E-state index in [1.54, 1.807) is 0 Å². The topological polar surface area (TPSA) is 78.9 Å². The largest absolute Gasteiger partial charge is 0.462 e. The third-order valence-electron chi connectivity index (χ3n) is 13.3. The average molecular weight is 980 g/mol. The minimum Gasteiger partial charge on any atom is -0.462 e. The molecular weight excluding hydrogens is 865 g/mol. The number of hydrogen-bond acceptors (Lipinski definition) is 6. The molecule has 6 nitrogen and oxygen atoms in total. The summed E-state index contributed by atoms with van der Waals surface area (Å²) in [7, 11) is 0. The van der Waals surface area contributed by atoms with E-state index in [0.29, 0.717) is 19.3 Å². The molecule has 0 saturated heterocycles. The summed E-state index contributed by atoms with van der Waals surface area (Å²) in [4.78, 5) is 38.2. The smallest absolute Gasteiger partial charge is 0.306 e. The van der Waals surface area contributed by atoms with Crippen LogP contribution in [0, 0.1) is 0 Å². The highest BCUT2D eigenvalue weighted by molar-refractivity contribution is 5.71. The minimum atomic E-state index is -0.782. The van der Waals surface area contributed by atoms with E-state index in [4.69, 9.17) is 14.2 Å². The van der Waals surface area contributed by atoms with Crippen LogP contribution in [0.25, 0.3) is 0 Å². The Kier molecular flexibility index (Phi) is 56.3. The molecule has 70 heavy (non-hydrogen) atoms. The first-order valence-electron chi connectivity index (χ1n) is 30.3. The van der Waals surface area contributed by atoms with Crippen LogP contribution >= 0.6 is 0 Å². The van der Waals surface area contributed by atoms with Crippen molar-refractivity contribution < 1.29 is 28.6 Å². The number of rotatable bonds is 55. The van der Waals surface area contributed by atoms with E-state index in [9.17, 15) is 14.4 Å². The van der Waals surface area contributed by atoms with E-state index in [-0.39, 0.29) is 31.1 Å². The molecule has 0 bridgehead atoms. The third-order valence-corrected chi connectivity index (χ3v) is 13.3. The molecule has 0 rings (SSSR count). The van der Waals surface area contributed by atoms with Gasteiger partial charge < -0.3 is 14.2 Å². The lowest BCUT2D eigenvalue weighted by Gasteiger charge is -2.18. The van der Waals surface area contributed by atoms with E-state index < -0.39 is 6.10 Å². The third kappa shape index (κ3) is 56.0. The number of hydrogen-bond donors (Lipinski definition) is 0. The summed E-state index contributed by atoms with van der Waals surface area (Å²) in [5.41, 5.74) is 0. The first-order valence-corrected chi connectivity index (χ1v) is 30.3. The van der Waals surface area contributed by atoms with Crippen LogP contribution in [-0.4, -0.2) is 37.2 Å². The van der Waals surface area contributed by atoms with Crippen molar-refractivity contribution in [2.75, 3.05) is 13.2 Å². The number of esters is 3. The van der Waals surface area contributed by atoms with Crippen LogP contribution in [0.15, 0.2) is 60.8 Å². The van der Waals surface area contributed by atoms with Gasteiger partial charge in [0.05, 0.1) is 0 Å². The van der Waals surface area contributed by atoms with Crippen molar-refractivity contribution >= 4 is 17.9 Å². The van der Waals surface area contributed by atoms with Gasteiger partial charge in [-0.1, -0.05) is 268 Å². The van der Waals surface area contributed by atoms with Gasteiger partial charge in [-0.05, 0) is 83.5 Å². The fourth-order valence-corrected chi connectivity index (χ4v) is 8.72. The standard InChI is InChI=1S/C64H114O6/c1-4-7-10-13-16-19-22-25-28-30-32-34-36-39-42-45-48-51-54-57-63(66)69-60-61(59-68-62(65)56-53-50-47-44-41-38-35-27-24-21-18-15-12-9-6-3)70-64(67)58-55-52-49-46-43-40-37-33-31-29-26-23-20-17-14-11-8-5-2/h9,12,16,18-19,21,25,27-28,35,61H,4-8,10-11,13-15,17,20,22-24,26,29-34,36-60H2,1-3H3/b12-9+,19-16+,21-18+,28-25+,35-27+/t61-/m1/s1. The van der Waals surface area contributed by atoms with Crippen LogP contribution in [0.3, 0.4) is 0 Å². The van der Waals surface area contributed by atoms with Crippen molar-refractivity contribution in [2.24, 2.45) is 0 Å². The maximum atomic E-state index is 12.9. The Morgan fingerprint density at radius 3 is 0.900 bits per heavy atom. The van der Waals surface area contributed by atoms with Gasteiger partial charge in [0.25, 0.3) is 0 Å². The predicted molar refractivity (Wildman–Crippen MR) is 302 cm³/mol. The average Bonchev–Trinajstić information content (AvgIpc) is 3.36. The lowest BCUT2D eigenvalue weighted by molar-refractivity contribution is -0.167. The number of carbonyl (C=O) groups is 3. The molecule has 0 unspecified atom stereocenters. The quantitative estimate of drug-likeness (QED) is 0.0261. The van der Waals surface area contributed by atoms with Gasteiger partial charge in [-0.15, -0.1) is 0 Å². The first kappa shape index (κ1) is 67.1. The van der Waals surface area contributed by atoms with E-state index >= 15 is 0 Å². The Balaban J connectivity index is 4.36. The van der Waals surface area contributed by atoms with E-state index in [1.165, 1.54) is 167 Å². The Labute approximate surface area is 434 Å². The molecule has 0 amide bonds. The monoisotopic (exact) mass is 979 g/mol. The molecular formula is C64H114O6. The molecule has 0 aromatic carbocycles. The summed E-state index contributed by atoms with van der Waals surface area (Å²) >= 11 is 0. The van der Waals surface area contributed by atoms with Crippen molar-refractivity contribution in [1.29, 1.82) is 0 Å². The van der Waals surface area contributed by atoms with E-state index in [1.807, 2.05) is 0 Å². The predicted octanol–water partition coefficient (Wildman–Crippen LogP) is 20.4. The SMILES string of the molecule is CC/C=C/C/C=C/C/C=C/CCCCCCCC(=O)OC[C@H](COC(=O)CCCCCCCCCCC/C=C/C/C=C/CCCCC)OC(=O)CCCCCCCCCCCCCCCCCCCC. The summed E-state index contributed by atoms with van der Waals surface area (Å²) in [6.07, 6.45) is 73.6. The van der Waals surface area contributed by atoms with E-state index in [2.05, 4.69) is 81.5 Å². The maximum Gasteiger partial charge on any atom is 0.306 e. The van der Waals surface area contributed by atoms with Crippen LogP contribution in [0.2, 0.25) is 0 Å². The summed E-state index contributed by atoms with van der Waals surface area (Å²) in [5, 5.41) is 0. The Bertz CT molecular complexity index is 1260. The Morgan fingerprint density at radius 2 is 0.557 bits per heavy atom. The fraction of sp³-hybridized carbons (Fsp3) is 0.797. The number of allylic oxidation sites excluding steroid dienone is 10. The van der Waals surface area contributed by atoms with Crippen molar-refractivity contribution in [3.8, 4) is 0 Å². The summed E-state index contributed by atoms with van der Waals surface area (Å²) < 4.78 is 16.9. The molecule has 0 saturated carbocycles. The molecule has 0 N–H and O–H groups in total. The fourth-order valence-electron chi connectivity index (χ4n) is 8.72. The highest BCUT2D eigenvalue weighted by Gasteiger charge is 2.19. The number of carbonyl (C=O) groups excluding carboxylic acids is 3. The van der Waals surface area contributed by atoms with Gasteiger partial charge >= 0.3 is 17.9 Å². The molecule has 0 aromatic heterocycles. The lowest BCUT2D eigenvalue weighted by atomic mass is 10.0. The molecule has 0 aliphatic heterocycles. The van der Waals surface area contributed by atoms with Gasteiger partial charge in [0, 0.05) is 19.3 Å². The molecule has 0 aromatic rings. The van der Waals surface area contributed by atoms with Gasteiger partial charge in [0.2, 0.25) is 0 Å². The molecule has 0 heterocycles. The molecule has 0 radical (unpaired) electrons. The minimum absolute atomic E-state index is 0.0794. The summed E-state index contributed by atoms with van der Waals surface area (Å²) in [5.74, 6) is -0.884. The number of unbranched alkanes of at least 4 members (excludes halogenated alkanes) is 34. The highest BCUT2D eigenvalue weighted by atomic mass is 16.6. The van der Waals surface area contributed by atoms with E-state index in [0.717, 1.165) is 103 Å². The van der Waals surface area contributed by atoms with Crippen molar-refractivity contribution in [2.45, 2.75) is 316 Å². The lowest BCUT2D eigenvalue weighted by Crippen LogP contribution is -2.30. The van der Waals surface area contributed by atoms with Crippen molar-refractivity contribution in [1.82, 2.24) is 0 Å². The Morgan fingerprint density at radius 1 is 0.300 bits per heavy atom. The zero-order valence-electron chi connectivity index (χ0n) is 46.5. The highest BCUT2D eigenvalue weighted by Crippen LogP contribution is 2.17. The van der Waals surface area contributed by atoms with Gasteiger partial charge in [-0.3, -0.25) is 14.4 Å². The van der Waals surface area contributed by atoms with Crippen LogP contribution in [-0.2, 0) is 28.6 Å². The van der Waals surface area contributed by atoms with Crippen molar-refractivity contribution in [3.05, 3.63) is 60.8 Å². The van der Waals surface area contributed by atoms with Crippen LogP contribution in [0.5, 0.6) is 0 Å². The second-order valence-electron chi connectivity index (χ2n) is 20.2. The van der Waals surface area contributed by atoms with Gasteiger partial charge in [0.15, 0.2) is 6.10 Å². The first-order chi connectivity index (χ1) is 34.5.